The molecule has 174 valence electrons. The quantitative estimate of drug-likeness (QED) is 0.456. The molecule has 0 aliphatic heterocycles. The minimum Gasteiger partial charge on any atom is -0.480 e. The summed E-state index contributed by atoms with van der Waals surface area (Å²) in [7, 11) is 0. The van der Waals surface area contributed by atoms with Crippen molar-refractivity contribution in [2.75, 3.05) is 11.9 Å². The average molecular weight is 462 g/mol. The van der Waals surface area contributed by atoms with Crippen molar-refractivity contribution in [3.63, 3.8) is 0 Å². The first kappa shape index (κ1) is 23.0. The maximum absolute atomic E-state index is 13.2. The predicted octanol–water partition coefficient (Wildman–Crippen LogP) is 4.54. The lowest BCUT2D eigenvalue weighted by molar-refractivity contribution is -0.139. The smallest absolute Gasteiger partial charge is 0.407 e. The van der Waals surface area contributed by atoms with Crippen molar-refractivity contribution < 1.29 is 28.6 Å². The molecule has 0 spiro atoms. The normalized spacial score (nSPS) is 12.9. The maximum Gasteiger partial charge on any atom is 0.407 e. The van der Waals surface area contributed by atoms with Gasteiger partial charge in [-0.2, -0.15) is 0 Å². The first-order valence-electron chi connectivity index (χ1n) is 10.8. The van der Waals surface area contributed by atoms with Gasteiger partial charge in [0.1, 0.15) is 18.5 Å². The third kappa shape index (κ3) is 5.23. The van der Waals surface area contributed by atoms with E-state index in [-0.39, 0.29) is 31.1 Å². The Bertz CT molecular complexity index is 1180. The molecule has 3 N–H and O–H groups in total. The molecule has 34 heavy (non-hydrogen) atoms. The predicted molar refractivity (Wildman–Crippen MR) is 124 cm³/mol. The van der Waals surface area contributed by atoms with Crippen molar-refractivity contribution in [1.82, 2.24) is 5.32 Å². The molecule has 0 radical (unpaired) electrons. The number of hydrogen-bond donors (Lipinski definition) is 3. The van der Waals surface area contributed by atoms with Crippen LogP contribution in [0.3, 0.4) is 0 Å². The van der Waals surface area contributed by atoms with Crippen LogP contribution in [0.4, 0.5) is 14.9 Å². The van der Waals surface area contributed by atoms with Gasteiger partial charge < -0.3 is 20.5 Å². The summed E-state index contributed by atoms with van der Waals surface area (Å²) in [6.45, 7) is 0.0479. The van der Waals surface area contributed by atoms with Crippen molar-refractivity contribution in [3.05, 3.63) is 89.7 Å². The van der Waals surface area contributed by atoms with E-state index in [1.54, 1.807) is 0 Å². The Balaban J connectivity index is 1.32. The number of nitrogens with one attached hydrogen (secondary N) is 2. The minimum atomic E-state index is -1.31. The molecule has 1 aliphatic carbocycles. The molecule has 0 fully saturated rings. The van der Waals surface area contributed by atoms with E-state index in [0.717, 1.165) is 28.3 Å². The lowest BCUT2D eigenvalue weighted by atomic mass is 9.98. The van der Waals surface area contributed by atoms with Gasteiger partial charge in [-0.3, -0.25) is 4.79 Å². The molecule has 7 nitrogen and oxygen atoms in total. The largest absolute Gasteiger partial charge is 0.480 e. The highest BCUT2D eigenvalue weighted by molar-refractivity contribution is 5.91. The van der Waals surface area contributed by atoms with Crippen LogP contribution in [0, 0.1) is 5.82 Å². The molecule has 0 saturated heterocycles. The summed E-state index contributed by atoms with van der Waals surface area (Å²) in [6.07, 6.45) is -1.21. The molecule has 0 heterocycles. The molecule has 2 amide bonds. The van der Waals surface area contributed by atoms with E-state index in [1.807, 2.05) is 48.5 Å². The van der Waals surface area contributed by atoms with E-state index in [2.05, 4.69) is 10.6 Å². The Hall–Kier alpha value is -4.20. The number of alkyl carbamates (subject to hydrolysis) is 1. The van der Waals surface area contributed by atoms with Gasteiger partial charge in [0, 0.05) is 18.0 Å². The van der Waals surface area contributed by atoms with Crippen LogP contribution in [0.1, 0.15) is 29.9 Å². The zero-order chi connectivity index (χ0) is 24.1. The number of rotatable bonds is 8. The summed E-state index contributed by atoms with van der Waals surface area (Å²) in [5, 5.41) is 14.3. The van der Waals surface area contributed by atoms with Gasteiger partial charge in [-0.05, 0) is 46.9 Å². The topological polar surface area (TPSA) is 105 Å². The number of carbonyl (C=O) groups is 3. The number of carboxylic acid groups (broad SMARTS) is 1. The lowest BCUT2D eigenvalue weighted by Crippen LogP contribution is -2.42. The van der Waals surface area contributed by atoms with E-state index in [1.165, 1.54) is 18.2 Å². The van der Waals surface area contributed by atoms with E-state index in [4.69, 9.17) is 4.74 Å². The van der Waals surface area contributed by atoms with Gasteiger partial charge in [-0.1, -0.05) is 54.6 Å². The van der Waals surface area contributed by atoms with Crippen LogP contribution in [0.25, 0.3) is 11.1 Å². The highest BCUT2D eigenvalue weighted by Gasteiger charge is 2.29. The van der Waals surface area contributed by atoms with Crippen LogP contribution >= 0.6 is 0 Å². The summed E-state index contributed by atoms with van der Waals surface area (Å²) in [5.41, 5.74) is 4.52. The number of ether oxygens (including phenoxy) is 1. The molecule has 3 aromatic rings. The van der Waals surface area contributed by atoms with Crippen molar-refractivity contribution in [3.8, 4) is 11.1 Å². The third-order valence-corrected chi connectivity index (χ3v) is 5.70. The van der Waals surface area contributed by atoms with Gasteiger partial charge in [-0.15, -0.1) is 0 Å². The second-order valence-corrected chi connectivity index (χ2v) is 7.96. The number of aliphatic carboxylic acids is 1. The first-order valence-corrected chi connectivity index (χ1v) is 10.8. The number of halogens is 1. The van der Waals surface area contributed by atoms with E-state index < -0.39 is 29.8 Å². The zero-order valence-electron chi connectivity index (χ0n) is 18.2. The Morgan fingerprint density at radius 2 is 1.59 bits per heavy atom. The molecule has 1 atom stereocenters. The highest BCUT2D eigenvalue weighted by Crippen LogP contribution is 2.44. The summed E-state index contributed by atoms with van der Waals surface area (Å²) in [4.78, 5) is 36.1. The Kier molecular flexibility index (Phi) is 6.87. The van der Waals surface area contributed by atoms with E-state index in [0.29, 0.717) is 0 Å². The standard InChI is InChI=1S/C26H23FN2O5/c27-16-6-5-7-17(14-16)28-24(30)13-12-23(25(31)32)29-26(33)34-15-22-20-10-3-1-8-18(20)19-9-2-4-11-21(19)22/h1-11,14,22-23H,12-13,15H2,(H,28,30)(H,29,33)(H,31,32)/t23-/m0/s1. The zero-order valence-corrected chi connectivity index (χ0v) is 18.2. The maximum atomic E-state index is 13.2. The lowest BCUT2D eigenvalue weighted by Gasteiger charge is -2.17. The van der Waals surface area contributed by atoms with Gasteiger partial charge in [0.25, 0.3) is 0 Å². The van der Waals surface area contributed by atoms with E-state index in [9.17, 15) is 23.9 Å². The van der Waals surface area contributed by atoms with Crippen molar-refractivity contribution in [2.45, 2.75) is 24.8 Å². The van der Waals surface area contributed by atoms with Gasteiger partial charge in [-0.25, -0.2) is 14.0 Å². The summed E-state index contributed by atoms with van der Waals surface area (Å²) < 4.78 is 18.6. The second-order valence-electron chi connectivity index (χ2n) is 7.96. The summed E-state index contributed by atoms with van der Waals surface area (Å²) >= 11 is 0. The fourth-order valence-corrected chi connectivity index (χ4v) is 4.10. The Morgan fingerprint density at radius 1 is 0.941 bits per heavy atom. The fourth-order valence-electron chi connectivity index (χ4n) is 4.10. The molecular formula is C26H23FN2O5. The third-order valence-electron chi connectivity index (χ3n) is 5.70. The van der Waals surface area contributed by atoms with Gasteiger partial charge in [0.2, 0.25) is 5.91 Å². The molecule has 8 heteroatoms. The number of carbonyl (C=O) groups excluding carboxylic acids is 2. The molecule has 4 rings (SSSR count). The first-order chi connectivity index (χ1) is 16.4. The number of fused-ring (bicyclic) bond motifs is 3. The van der Waals surface area contributed by atoms with Crippen LogP contribution in [0.15, 0.2) is 72.8 Å². The number of hydrogen-bond acceptors (Lipinski definition) is 4. The van der Waals surface area contributed by atoms with Gasteiger partial charge >= 0.3 is 12.1 Å². The number of anilines is 1. The monoisotopic (exact) mass is 462 g/mol. The van der Waals surface area contributed by atoms with Crippen LogP contribution < -0.4 is 10.6 Å². The number of amides is 2. The number of benzene rings is 3. The van der Waals surface area contributed by atoms with Gasteiger partial charge in [0.15, 0.2) is 0 Å². The van der Waals surface area contributed by atoms with Crippen molar-refractivity contribution in [2.24, 2.45) is 0 Å². The van der Waals surface area contributed by atoms with Crippen LogP contribution in [-0.2, 0) is 14.3 Å². The number of carboxylic acids is 1. The SMILES string of the molecule is O=C(CC[C@H](NC(=O)OCC1c2ccccc2-c2ccccc21)C(=O)O)Nc1cccc(F)c1. The Labute approximate surface area is 195 Å². The molecule has 0 unspecified atom stereocenters. The van der Waals surface area contributed by atoms with Crippen LogP contribution in [0.2, 0.25) is 0 Å². The molecule has 3 aromatic carbocycles. The molecule has 0 saturated carbocycles. The van der Waals surface area contributed by atoms with E-state index >= 15 is 0 Å². The molecular weight excluding hydrogens is 439 g/mol. The molecule has 1 aliphatic rings. The highest BCUT2D eigenvalue weighted by atomic mass is 19.1. The Morgan fingerprint density at radius 3 is 2.21 bits per heavy atom. The minimum absolute atomic E-state index is 0.0479. The molecule has 0 aromatic heterocycles. The fraction of sp³-hybridized carbons (Fsp3) is 0.192. The van der Waals surface area contributed by atoms with Crippen LogP contribution in [0.5, 0.6) is 0 Å². The van der Waals surface area contributed by atoms with Gasteiger partial charge in [0.05, 0.1) is 0 Å². The van der Waals surface area contributed by atoms with Crippen LogP contribution in [-0.4, -0.2) is 35.7 Å². The summed E-state index contributed by atoms with van der Waals surface area (Å²) in [6, 6.07) is 19.8. The second kappa shape index (κ2) is 10.2. The van der Waals surface area contributed by atoms with Crippen molar-refractivity contribution >= 4 is 23.7 Å². The average Bonchev–Trinajstić information content (AvgIpc) is 3.14. The summed E-state index contributed by atoms with van der Waals surface area (Å²) in [5.74, 6) is -2.44. The molecule has 0 bridgehead atoms. The van der Waals surface area contributed by atoms with Crippen molar-refractivity contribution in [1.29, 1.82) is 0 Å².